The third kappa shape index (κ3) is 4.21. The van der Waals surface area contributed by atoms with Gasteiger partial charge in [-0.3, -0.25) is 5.32 Å². The maximum atomic E-state index is 12.0. The van der Waals surface area contributed by atoms with Gasteiger partial charge in [0.25, 0.3) is 0 Å². The van der Waals surface area contributed by atoms with Crippen molar-refractivity contribution >= 4 is 29.2 Å². The van der Waals surface area contributed by atoms with Crippen molar-refractivity contribution in [3.8, 4) is 0 Å². The lowest BCUT2D eigenvalue weighted by atomic mass is 10.1. The van der Waals surface area contributed by atoms with Crippen LogP contribution < -0.4 is 5.32 Å². The molecular weight excluding hydrogens is 309 g/mol. The van der Waals surface area contributed by atoms with Crippen LogP contribution in [-0.2, 0) is 16.1 Å². The van der Waals surface area contributed by atoms with E-state index in [9.17, 15) is 4.79 Å². The predicted octanol–water partition coefficient (Wildman–Crippen LogP) is 4.00. The first-order valence-electron chi connectivity index (χ1n) is 6.42. The van der Waals surface area contributed by atoms with Gasteiger partial charge in [-0.25, -0.2) is 4.79 Å². The van der Waals surface area contributed by atoms with E-state index in [1.165, 1.54) is 7.11 Å². The molecule has 2 aromatic rings. The summed E-state index contributed by atoms with van der Waals surface area (Å²) in [6.45, 7) is 0.527. The monoisotopic (exact) mass is 323 g/mol. The van der Waals surface area contributed by atoms with Crippen molar-refractivity contribution in [2.24, 2.45) is 0 Å². The van der Waals surface area contributed by atoms with Crippen LogP contribution in [0.15, 0.2) is 48.5 Å². The summed E-state index contributed by atoms with van der Waals surface area (Å²) < 4.78 is 4.85. The van der Waals surface area contributed by atoms with Crippen LogP contribution in [0, 0.1) is 0 Å². The molecule has 0 aliphatic carbocycles. The standard InChI is InChI=1S/C16H15Cl2NO2/c1-21-16(20)15(13-8-7-12(17)9-14(13)18)19-10-11-5-3-2-4-6-11/h2-9,15,19H,10H2,1H3. The number of methoxy groups -OCH3 is 1. The minimum Gasteiger partial charge on any atom is -0.468 e. The molecule has 21 heavy (non-hydrogen) atoms. The molecule has 0 bridgehead atoms. The van der Waals surface area contributed by atoms with Gasteiger partial charge in [0, 0.05) is 16.6 Å². The first-order valence-corrected chi connectivity index (χ1v) is 7.17. The highest BCUT2D eigenvalue weighted by Crippen LogP contribution is 2.27. The fourth-order valence-electron chi connectivity index (χ4n) is 1.99. The highest BCUT2D eigenvalue weighted by Gasteiger charge is 2.23. The summed E-state index contributed by atoms with van der Waals surface area (Å²) >= 11 is 12.1. The zero-order valence-electron chi connectivity index (χ0n) is 11.5. The Morgan fingerprint density at radius 2 is 1.90 bits per heavy atom. The fraction of sp³-hybridized carbons (Fsp3) is 0.188. The van der Waals surface area contributed by atoms with Gasteiger partial charge in [0.15, 0.2) is 0 Å². The van der Waals surface area contributed by atoms with E-state index in [0.29, 0.717) is 22.2 Å². The third-order valence-corrected chi connectivity index (χ3v) is 3.63. The zero-order valence-corrected chi connectivity index (χ0v) is 13.0. The number of carbonyl (C=O) groups excluding carboxylic acids is 1. The van der Waals surface area contributed by atoms with Crippen molar-refractivity contribution in [2.75, 3.05) is 7.11 Å². The summed E-state index contributed by atoms with van der Waals surface area (Å²) in [5, 5.41) is 4.11. The van der Waals surface area contributed by atoms with Crippen molar-refractivity contribution in [1.82, 2.24) is 5.32 Å². The summed E-state index contributed by atoms with van der Waals surface area (Å²) in [5.74, 6) is -0.393. The normalized spacial score (nSPS) is 12.0. The number of benzene rings is 2. The van der Waals surface area contributed by atoms with Crippen molar-refractivity contribution in [3.05, 3.63) is 69.7 Å². The van der Waals surface area contributed by atoms with Gasteiger partial charge in [-0.2, -0.15) is 0 Å². The average molecular weight is 324 g/mol. The van der Waals surface area contributed by atoms with Crippen LogP contribution in [0.3, 0.4) is 0 Å². The van der Waals surface area contributed by atoms with E-state index in [-0.39, 0.29) is 0 Å². The van der Waals surface area contributed by atoms with Crippen LogP contribution in [-0.4, -0.2) is 13.1 Å². The van der Waals surface area contributed by atoms with Crippen LogP contribution in [0.1, 0.15) is 17.2 Å². The second kappa shape index (κ2) is 7.46. The van der Waals surface area contributed by atoms with E-state index in [1.807, 2.05) is 30.3 Å². The molecule has 1 atom stereocenters. The number of esters is 1. The highest BCUT2D eigenvalue weighted by atomic mass is 35.5. The lowest BCUT2D eigenvalue weighted by Gasteiger charge is -2.18. The molecule has 2 aromatic carbocycles. The highest BCUT2D eigenvalue weighted by molar-refractivity contribution is 6.35. The molecule has 5 heteroatoms. The molecule has 0 amide bonds. The molecule has 0 heterocycles. The lowest BCUT2D eigenvalue weighted by molar-refractivity contribution is -0.143. The predicted molar refractivity (Wildman–Crippen MR) is 84.5 cm³/mol. The summed E-state index contributed by atoms with van der Waals surface area (Å²) in [5.41, 5.74) is 1.71. The van der Waals surface area contributed by atoms with E-state index in [4.69, 9.17) is 27.9 Å². The zero-order chi connectivity index (χ0) is 15.2. The quantitative estimate of drug-likeness (QED) is 0.845. The Kier molecular flexibility index (Phi) is 5.62. The van der Waals surface area contributed by atoms with Crippen LogP contribution in [0.5, 0.6) is 0 Å². The maximum Gasteiger partial charge on any atom is 0.327 e. The molecule has 1 N–H and O–H groups in total. The van der Waals surface area contributed by atoms with Gasteiger partial charge in [0.2, 0.25) is 0 Å². The number of rotatable bonds is 5. The van der Waals surface area contributed by atoms with E-state index in [2.05, 4.69) is 5.32 Å². The Bertz CT molecular complexity index is 617. The Morgan fingerprint density at radius 1 is 1.19 bits per heavy atom. The molecule has 110 valence electrons. The number of nitrogens with one attached hydrogen (secondary N) is 1. The first kappa shape index (κ1) is 15.8. The second-order valence-corrected chi connectivity index (χ2v) is 5.33. The molecular formula is C16H15Cl2NO2. The van der Waals surface area contributed by atoms with E-state index in [0.717, 1.165) is 5.56 Å². The van der Waals surface area contributed by atoms with E-state index >= 15 is 0 Å². The van der Waals surface area contributed by atoms with Crippen LogP contribution in [0.4, 0.5) is 0 Å². The number of carbonyl (C=O) groups is 1. The number of hydrogen-bond donors (Lipinski definition) is 1. The lowest BCUT2D eigenvalue weighted by Crippen LogP contribution is -2.29. The van der Waals surface area contributed by atoms with Gasteiger partial charge in [-0.1, -0.05) is 59.6 Å². The first-order chi connectivity index (χ1) is 10.1. The number of ether oxygens (including phenoxy) is 1. The summed E-state index contributed by atoms with van der Waals surface area (Å²) in [6.07, 6.45) is 0. The average Bonchev–Trinajstić information content (AvgIpc) is 2.50. The second-order valence-electron chi connectivity index (χ2n) is 4.49. The Morgan fingerprint density at radius 3 is 2.52 bits per heavy atom. The number of hydrogen-bond acceptors (Lipinski definition) is 3. The van der Waals surface area contributed by atoms with Crippen LogP contribution in [0.2, 0.25) is 10.0 Å². The molecule has 0 radical (unpaired) electrons. The van der Waals surface area contributed by atoms with Gasteiger partial charge < -0.3 is 4.74 Å². The van der Waals surface area contributed by atoms with Crippen molar-refractivity contribution in [3.63, 3.8) is 0 Å². The summed E-state index contributed by atoms with van der Waals surface area (Å²) in [7, 11) is 1.35. The minimum absolute atomic E-state index is 0.393. The Labute approximate surface area is 133 Å². The third-order valence-electron chi connectivity index (χ3n) is 3.06. The van der Waals surface area contributed by atoms with Gasteiger partial charge in [0.05, 0.1) is 7.11 Å². The largest absolute Gasteiger partial charge is 0.468 e. The van der Waals surface area contributed by atoms with Crippen molar-refractivity contribution in [1.29, 1.82) is 0 Å². The molecule has 0 saturated carbocycles. The van der Waals surface area contributed by atoms with E-state index in [1.54, 1.807) is 18.2 Å². The fourth-order valence-corrected chi connectivity index (χ4v) is 2.51. The van der Waals surface area contributed by atoms with Crippen LogP contribution >= 0.6 is 23.2 Å². The van der Waals surface area contributed by atoms with Crippen molar-refractivity contribution < 1.29 is 9.53 Å². The van der Waals surface area contributed by atoms with Gasteiger partial charge in [-0.05, 0) is 23.3 Å². The Hall–Kier alpha value is -1.55. The molecule has 1 unspecified atom stereocenters. The molecule has 2 rings (SSSR count). The molecule has 0 spiro atoms. The van der Waals surface area contributed by atoms with Crippen molar-refractivity contribution in [2.45, 2.75) is 12.6 Å². The Balaban J connectivity index is 2.20. The minimum atomic E-state index is -0.639. The van der Waals surface area contributed by atoms with Gasteiger partial charge >= 0.3 is 5.97 Å². The smallest absolute Gasteiger partial charge is 0.327 e. The SMILES string of the molecule is COC(=O)C(NCc1ccccc1)c1ccc(Cl)cc1Cl. The summed E-state index contributed by atoms with van der Waals surface area (Å²) in [4.78, 5) is 12.0. The number of halogens is 2. The molecule has 0 saturated heterocycles. The van der Waals surface area contributed by atoms with Crippen LogP contribution in [0.25, 0.3) is 0 Å². The molecule has 0 aromatic heterocycles. The summed E-state index contributed by atoms with van der Waals surface area (Å²) in [6, 6.07) is 14.2. The molecule has 3 nitrogen and oxygen atoms in total. The van der Waals surface area contributed by atoms with Gasteiger partial charge in [-0.15, -0.1) is 0 Å². The van der Waals surface area contributed by atoms with Gasteiger partial charge in [0.1, 0.15) is 6.04 Å². The topological polar surface area (TPSA) is 38.3 Å². The molecule has 0 fully saturated rings. The molecule has 0 aliphatic rings. The maximum absolute atomic E-state index is 12.0. The van der Waals surface area contributed by atoms with E-state index < -0.39 is 12.0 Å². The molecule has 0 aliphatic heterocycles.